The maximum Gasteiger partial charge on any atom is 0.208 e. The standard InChI is InChI=1S/C19H21N3O3S/c1-23-14-6-4-13(5-7-14)10-11-26-19-20-18(21-22-19)16-9-8-15(24-2)12-17(16)25-3/h4-9,12H,10-11H2,1-3H3,(H,20,21,22). The monoisotopic (exact) mass is 371 g/mol. The fraction of sp³-hybridized carbons (Fsp3) is 0.263. The minimum atomic E-state index is 0.677. The van der Waals surface area contributed by atoms with Crippen molar-refractivity contribution in [3.63, 3.8) is 0 Å². The molecule has 0 saturated carbocycles. The van der Waals surface area contributed by atoms with Crippen LogP contribution in [0.5, 0.6) is 17.2 Å². The minimum Gasteiger partial charge on any atom is -0.497 e. The van der Waals surface area contributed by atoms with E-state index in [1.807, 2.05) is 30.3 Å². The maximum atomic E-state index is 5.42. The van der Waals surface area contributed by atoms with Gasteiger partial charge in [0, 0.05) is 11.8 Å². The normalized spacial score (nSPS) is 10.6. The number of thioether (sulfide) groups is 1. The SMILES string of the molecule is COc1ccc(CCSc2n[nH]c(-c3ccc(OC)cc3OC)n2)cc1. The van der Waals surface area contributed by atoms with E-state index in [0.29, 0.717) is 16.7 Å². The molecule has 136 valence electrons. The number of hydrogen-bond donors (Lipinski definition) is 1. The molecule has 0 spiro atoms. The summed E-state index contributed by atoms with van der Waals surface area (Å²) in [6, 6.07) is 13.7. The van der Waals surface area contributed by atoms with E-state index in [9.17, 15) is 0 Å². The van der Waals surface area contributed by atoms with Crippen LogP contribution < -0.4 is 14.2 Å². The van der Waals surface area contributed by atoms with E-state index in [4.69, 9.17) is 14.2 Å². The fourth-order valence-corrected chi connectivity index (χ4v) is 3.26. The highest BCUT2D eigenvalue weighted by molar-refractivity contribution is 7.99. The first-order valence-electron chi connectivity index (χ1n) is 8.14. The molecule has 0 bridgehead atoms. The molecule has 1 aromatic heterocycles. The van der Waals surface area contributed by atoms with Crippen molar-refractivity contribution < 1.29 is 14.2 Å². The molecule has 1 N–H and O–H groups in total. The van der Waals surface area contributed by atoms with Crippen molar-refractivity contribution in [2.24, 2.45) is 0 Å². The Labute approximate surface area is 156 Å². The van der Waals surface area contributed by atoms with Crippen LogP contribution in [0.2, 0.25) is 0 Å². The van der Waals surface area contributed by atoms with Gasteiger partial charge in [0.25, 0.3) is 0 Å². The van der Waals surface area contributed by atoms with Crippen molar-refractivity contribution in [2.75, 3.05) is 27.1 Å². The van der Waals surface area contributed by atoms with Crippen molar-refractivity contribution in [1.29, 1.82) is 0 Å². The highest BCUT2D eigenvalue weighted by atomic mass is 32.2. The quantitative estimate of drug-likeness (QED) is 0.607. The van der Waals surface area contributed by atoms with Crippen molar-refractivity contribution in [3.8, 4) is 28.6 Å². The van der Waals surface area contributed by atoms with Gasteiger partial charge in [-0.2, -0.15) is 0 Å². The van der Waals surface area contributed by atoms with Crippen molar-refractivity contribution in [1.82, 2.24) is 15.2 Å². The van der Waals surface area contributed by atoms with Crippen LogP contribution in [0.25, 0.3) is 11.4 Å². The first-order chi connectivity index (χ1) is 12.7. The summed E-state index contributed by atoms with van der Waals surface area (Å²) < 4.78 is 15.8. The predicted octanol–water partition coefficient (Wildman–Crippen LogP) is 3.83. The molecule has 26 heavy (non-hydrogen) atoms. The zero-order chi connectivity index (χ0) is 18.4. The van der Waals surface area contributed by atoms with Gasteiger partial charge in [0.05, 0.1) is 26.9 Å². The van der Waals surface area contributed by atoms with E-state index < -0.39 is 0 Å². The van der Waals surface area contributed by atoms with Gasteiger partial charge < -0.3 is 14.2 Å². The summed E-state index contributed by atoms with van der Waals surface area (Å²) in [7, 11) is 4.92. The van der Waals surface area contributed by atoms with E-state index in [2.05, 4.69) is 27.3 Å². The lowest BCUT2D eigenvalue weighted by Gasteiger charge is -2.07. The molecule has 0 aliphatic carbocycles. The number of aromatic amines is 1. The van der Waals surface area contributed by atoms with Gasteiger partial charge in [0.2, 0.25) is 5.16 Å². The van der Waals surface area contributed by atoms with Crippen LogP contribution in [-0.4, -0.2) is 42.3 Å². The van der Waals surface area contributed by atoms with Gasteiger partial charge in [-0.1, -0.05) is 23.9 Å². The third-order valence-corrected chi connectivity index (χ3v) is 4.76. The van der Waals surface area contributed by atoms with Gasteiger partial charge in [0.1, 0.15) is 17.2 Å². The summed E-state index contributed by atoms with van der Waals surface area (Å²) in [5.41, 5.74) is 2.11. The summed E-state index contributed by atoms with van der Waals surface area (Å²) in [5, 5.41) is 7.98. The Morgan fingerprint density at radius 2 is 1.65 bits per heavy atom. The Kier molecular flexibility index (Phi) is 6.01. The number of hydrogen-bond acceptors (Lipinski definition) is 6. The lowest BCUT2D eigenvalue weighted by Crippen LogP contribution is -1.91. The molecule has 1 heterocycles. The molecule has 6 nitrogen and oxygen atoms in total. The van der Waals surface area contributed by atoms with Gasteiger partial charge in [-0.05, 0) is 36.2 Å². The average Bonchev–Trinajstić information content (AvgIpc) is 3.16. The van der Waals surface area contributed by atoms with E-state index in [1.54, 1.807) is 33.1 Å². The summed E-state index contributed by atoms with van der Waals surface area (Å²) >= 11 is 1.61. The molecule has 0 amide bonds. The van der Waals surface area contributed by atoms with Gasteiger partial charge >= 0.3 is 0 Å². The van der Waals surface area contributed by atoms with Crippen LogP contribution in [0.3, 0.4) is 0 Å². The summed E-state index contributed by atoms with van der Waals surface area (Å²) in [6.07, 6.45) is 0.935. The second kappa shape index (κ2) is 8.62. The number of nitrogens with one attached hydrogen (secondary N) is 1. The van der Waals surface area contributed by atoms with Crippen LogP contribution in [0, 0.1) is 0 Å². The van der Waals surface area contributed by atoms with E-state index in [0.717, 1.165) is 29.2 Å². The minimum absolute atomic E-state index is 0.677. The Morgan fingerprint density at radius 3 is 2.35 bits per heavy atom. The number of nitrogens with zero attached hydrogens (tertiary/aromatic N) is 2. The molecule has 0 saturated heterocycles. The zero-order valence-corrected chi connectivity index (χ0v) is 15.8. The van der Waals surface area contributed by atoms with E-state index in [-0.39, 0.29) is 0 Å². The second-order valence-electron chi connectivity index (χ2n) is 5.48. The Balaban J connectivity index is 1.62. The van der Waals surface area contributed by atoms with Gasteiger partial charge in [0.15, 0.2) is 5.82 Å². The lowest BCUT2D eigenvalue weighted by atomic mass is 10.2. The topological polar surface area (TPSA) is 69.3 Å². The first-order valence-corrected chi connectivity index (χ1v) is 9.12. The van der Waals surface area contributed by atoms with Crippen LogP contribution in [0.15, 0.2) is 47.6 Å². The largest absolute Gasteiger partial charge is 0.497 e. The highest BCUT2D eigenvalue weighted by Crippen LogP contribution is 2.32. The van der Waals surface area contributed by atoms with Crippen LogP contribution in [0.4, 0.5) is 0 Å². The number of aryl methyl sites for hydroxylation is 1. The van der Waals surface area contributed by atoms with Crippen molar-refractivity contribution in [3.05, 3.63) is 48.0 Å². The number of H-pyrrole nitrogens is 1. The molecule has 0 fully saturated rings. The Bertz CT molecular complexity index is 849. The van der Waals surface area contributed by atoms with Crippen molar-refractivity contribution in [2.45, 2.75) is 11.6 Å². The molecule has 7 heteroatoms. The summed E-state index contributed by atoms with van der Waals surface area (Å²) in [6.45, 7) is 0. The summed E-state index contributed by atoms with van der Waals surface area (Å²) in [4.78, 5) is 4.56. The number of aromatic nitrogens is 3. The molecule has 3 aromatic rings. The maximum absolute atomic E-state index is 5.42. The molecule has 0 aliphatic rings. The smallest absolute Gasteiger partial charge is 0.208 e. The number of ether oxygens (including phenoxy) is 3. The van der Waals surface area contributed by atoms with Crippen molar-refractivity contribution >= 4 is 11.8 Å². The molecule has 0 unspecified atom stereocenters. The zero-order valence-electron chi connectivity index (χ0n) is 15.0. The Morgan fingerprint density at radius 1 is 0.923 bits per heavy atom. The number of rotatable bonds is 8. The van der Waals surface area contributed by atoms with Gasteiger partial charge in [-0.3, -0.25) is 5.10 Å². The Hall–Kier alpha value is -2.67. The molecular formula is C19H21N3O3S. The van der Waals surface area contributed by atoms with Crippen LogP contribution in [0.1, 0.15) is 5.56 Å². The second-order valence-corrected chi connectivity index (χ2v) is 6.54. The predicted molar refractivity (Wildman–Crippen MR) is 102 cm³/mol. The van der Waals surface area contributed by atoms with E-state index in [1.165, 1.54) is 5.56 Å². The number of methoxy groups -OCH3 is 3. The third-order valence-electron chi connectivity index (χ3n) is 3.91. The average molecular weight is 371 g/mol. The lowest BCUT2D eigenvalue weighted by molar-refractivity contribution is 0.395. The number of benzene rings is 2. The molecule has 0 atom stereocenters. The fourth-order valence-electron chi connectivity index (χ4n) is 2.48. The van der Waals surface area contributed by atoms with Gasteiger partial charge in [-0.15, -0.1) is 5.10 Å². The molecule has 0 radical (unpaired) electrons. The van der Waals surface area contributed by atoms with E-state index >= 15 is 0 Å². The highest BCUT2D eigenvalue weighted by Gasteiger charge is 2.12. The molecule has 2 aromatic carbocycles. The molecule has 3 rings (SSSR count). The van der Waals surface area contributed by atoms with Crippen LogP contribution >= 0.6 is 11.8 Å². The van der Waals surface area contributed by atoms with Gasteiger partial charge in [-0.25, -0.2) is 4.98 Å². The summed E-state index contributed by atoms with van der Waals surface area (Å²) in [5.74, 6) is 3.86. The third kappa shape index (κ3) is 4.29. The molecule has 0 aliphatic heterocycles. The van der Waals surface area contributed by atoms with Crippen LogP contribution in [-0.2, 0) is 6.42 Å². The first kappa shape index (κ1) is 18.1. The molecular weight excluding hydrogens is 350 g/mol.